The summed E-state index contributed by atoms with van der Waals surface area (Å²) in [4.78, 5) is 123. The topological polar surface area (TPSA) is 233 Å². The molecule has 1 aliphatic rings. The molecule has 0 spiro atoms. The zero-order valence-corrected chi connectivity index (χ0v) is 39.6. The summed E-state index contributed by atoms with van der Waals surface area (Å²) >= 11 is 0. The zero-order valence-electron chi connectivity index (χ0n) is 39.6. The second kappa shape index (κ2) is 20.6. The molecule has 0 aliphatic carbocycles. The van der Waals surface area contributed by atoms with Gasteiger partial charge in [-0.2, -0.15) is 0 Å². The molecule has 2 N–H and O–H groups in total. The molecule has 4 aromatic rings. The van der Waals surface area contributed by atoms with Gasteiger partial charge in [-0.15, -0.1) is 0 Å². The Morgan fingerprint density at radius 3 is 1.66 bits per heavy atom. The fourth-order valence-electron chi connectivity index (χ4n) is 6.61. The second-order valence-electron chi connectivity index (χ2n) is 18.4. The Hall–Kier alpha value is -7.43. The predicted octanol–water partition coefficient (Wildman–Crippen LogP) is 4.99. The fourth-order valence-corrected chi connectivity index (χ4v) is 6.61. The van der Waals surface area contributed by atoms with Crippen molar-refractivity contribution in [1.29, 1.82) is 0 Å². The van der Waals surface area contributed by atoms with Gasteiger partial charge in [-0.3, -0.25) is 14.4 Å². The van der Waals surface area contributed by atoms with Gasteiger partial charge in [0.2, 0.25) is 17.3 Å². The predicted molar refractivity (Wildman–Crippen MR) is 243 cm³/mol. The van der Waals surface area contributed by atoms with Crippen molar-refractivity contribution < 1.29 is 71.6 Å². The molecule has 17 nitrogen and oxygen atoms in total. The minimum Gasteiger partial charge on any atom is -0.450 e. The quantitative estimate of drug-likeness (QED) is 0.147. The smallest absolute Gasteiger partial charge is 0.350 e. The lowest BCUT2D eigenvalue weighted by molar-refractivity contribution is -0.196. The number of carbonyl (C=O) groups is 9. The number of rotatable bonds is 6. The van der Waals surface area contributed by atoms with Gasteiger partial charge in [0.15, 0.2) is 23.6 Å². The molecule has 5 rings (SSSR count). The lowest BCUT2D eigenvalue weighted by Crippen LogP contribution is -2.56. The van der Waals surface area contributed by atoms with E-state index in [-0.39, 0.29) is 18.6 Å². The Balaban J connectivity index is 1.51. The van der Waals surface area contributed by atoms with E-state index in [2.05, 4.69) is 10.6 Å². The maximum absolute atomic E-state index is 14.2. The number of fused-ring (bicyclic) bond motifs is 1. The third-order valence-corrected chi connectivity index (χ3v) is 10.8. The molecule has 4 aromatic carbocycles. The number of ether oxygens (including phenoxy) is 6. The average molecular weight is 937 g/mol. The van der Waals surface area contributed by atoms with Crippen LogP contribution in [0.3, 0.4) is 0 Å². The van der Waals surface area contributed by atoms with Crippen molar-refractivity contribution >= 4 is 64.2 Å². The van der Waals surface area contributed by atoms with E-state index < -0.39 is 94.3 Å². The first-order chi connectivity index (χ1) is 31.7. The van der Waals surface area contributed by atoms with Crippen molar-refractivity contribution in [2.24, 2.45) is 0 Å². The number of hydrogen-bond acceptors (Lipinski definition) is 15. The third-order valence-electron chi connectivity index (χ3n) is 10.8. The van der Waals surface area contributed by atoms with E-state index in [0.717, 1.165) is 17.7 Å². The highest BCUT2D eigenvalue weighted by Crippen LogP contribution is 2.24. The molecule has 1 fully saturated rings. The van der Waals surface area contributed by atoms with Crippen molar-refractivity contribution in [2.45, 2.75) is 129 Å². The third kappa shape index (κ3) is 12.9. The van der Waals surface area contributed by atoms with Crippen molar-refractivity contribution in [1.82, 2.24) is 10.6 Å². The summed E-state index contributed by atoms with van der Waals surface area (Å²) in [7, 11) is 0. The number of esters is 6. The van der Waals surface area contributed by atoms with E-state index >= 15 is 0 Å². The second-order valence-corrected chi connectivity index (χ2v) is 18.4. The molecule has 0 aromatic heterocycles. The lowest BCUT2D eigenvalue weighted by Gasteiger charge is -2.32. The van der Waals surface area contributed by atoms with Crippen LogP contribution < -0.4 is 10.6 Å². The zero-order chi connectivity index (χ0) is 50.4. The van der Waals surface area contributed by atoms with Crippen LogP contribution in [0.25, 0.3) is 10.8 Å². The minimum absolute atomic E-state index is 0.177. The molecule has 1 aliphatic heterocycles. The first kappa shape index (κ1) is 51.6. The summed E-state index contributed by atoms with van der Waals surface area (Å²) in [5, 5.41) is 6.70. The normalized spacial score (nSPS) is 22.9. The highest BCUT2D eigenvalue weighted by atomic mass is 16.6. The molecule has 4 atom stereocenters. The summed E-state index contributed by atoms with van der Waals surface area (Å²) in [5.41, 5.74) is -6.37. The van der Waals surface area contributed by atoms with Gasteiger partial charge in [-0.25, -0.2) is 28.8 Å². The van der Waals surface area contributed by atoms with Crippen LogP contribution >= 0.6 is 0 Å². The molecule has 17 heteroatoms. The molecular formula is C51H56N2O15. The molecule has 1 saturated heterocycles. The van der Waals surface area contributed by atoms with Crippen LogP contribution in [0.1, 0.15) is 96.3 Å². The van der Waals surface area contributed by atoms with E-state index in [0.29, 0.717) is 22.3 Å². The molecule has 4 unspecified atom stereocenters. The highest BCUT2D eigenvalue weighted by molar-refractivity contribution is 6.09. The van der Waals surface area contributed by atoms with Crippen LogP contribution in [-0.4, -0.2) is 100 Å². The Kier molecular flexibility index (Phi) is 15.6. The lowest BCUT2D eigenvalue weighted by atomic mass is 9.99. The number of ketones is 1. The number of carbonyl (C=O) groups excluding carboxylic acids is 9. The van der Waals surface area contributed by atoms with Crippen molar-refractivity contribution in [2.75, 3.05) is 0 Å². The standard InChI is InChI=1S/C51H56N2O15/c1-29-40(55)53-48(3,4)45(60)64-30(2)41(56)66-51(9,10)47(62)65-38(28-31-20-24-35(25-21-31)39(54)34-17-12-11-13-18-34)43(58)68-49(5,6)44(59)52-37(42(57)67-50(7,8)46(61)63-29)27-32-22-23-33-16-14-15-19-36(33)26-32/h11-26,29-30,37-38H,27-28H2,1-10H3,(H,52,59)(H,53,55). The average Bonchev–Trinajstić information content (AvgIpc) is 3.27. The van der Waals surface area contributed by atoms with Gasteiger partial charge in [0, 0.05) is 24.0 Å². The number of hydrogen-bond donors (Lipinski definition) is 2. The van der Waals surface area contributed by atoms with Crippen LogP contribution in [-0.2, 0) is 79.6 Å². The molecule has 0 radical (unpaired) electrons. The van der Waals surface area contributed by atoms with Crippen LogP contribution in [0, 0.1) is 0 Å². The molecule has 360 valence electrons. The van der Waals surface area contributed by atoms with Crippen LogP contribution in [0.5, 0.6) is 0 Å². The van der Waals surface area contributed by atoms with E-state index in [4.69, 9.17) is 28.4 Å². The Labute approximate surface area is 393 Å². The Morgan fingerprint density at radius 1 is 0.515 bits per heavy atom. The van der Waals surface area contributed by atoms with Crippen molar-refractivity contribution in [3.05, 3.63) is 119 Å². The fraction of sp³-hybridized carbons (Fsp3) is 0.392. The molecular weight excluding hydrogens is 881 g/mol. The SMILES string of the molecule is CC1OC(=O)C(C)(C)OC(=O)C(Cc2ccc3ccccc3c2)NC(=O)C(C)(C)OC(=O)C(Cc2ccc(C(=O)c3ccccc3)cc2)OC(=O)C(C)(C)OC(=O)C(C)OC(=O)C(C)(C)NC1=O. The maximum Gasteiger partial charge on any atom is 0.350 e. The van der Waals surface area contributed by atoms with E-state index in [1.165, 1.54) is 86.6 Å². The summed E-state index contributed by atoms with van der Waals surface area (Å²) in [6.07, 6.45) is -5.54. The van der Waals surface area contributed by atoms with Gasteiger partial charge in [0.25, 0.3) is 11.8 Å². The van der Waals surface area contributed by atoms with Crippen molar-refractivity contribution in [3.8, 4) is 0 Å². The molecule has 0 bridgehead atoms. The van der Waals surface area contributed by atoms with Crippen LogP contribution in [0.4, 0.5) is 0 Å². The van der Waals surface area contributed by atoms with Gasteiger partial charge < -0.3 is 39.1 Å². The maximum atomic E-state index is 14.2. The van der Waals surface area contributed by atoms with Gasteiger partial charge in [-0.1, -0.05) is 97.1 Å². The first-order valence-corrected chi connectivity index (χ1v) is 21.8. The summed E-state index contributed by atoms with van der Waals surface area (Å²) in [6.45, 7) is 12.1. The number of cyclic esters (lactones) is 6. The molecule has 0 saturated carbocycles. The molecule has 1 heterocycles. The molecule has 68 heavy (non-hydrogen) atoms. The van der Waals surface area contributed by atoms with Crippen molar-refractivity contribution in [3.63, 3.8) is 0 Å². The first-order valence-electron chi connectivity index (χ1n) is 21.8. The molecule has 2 amide bonds. The van der Waals surface area contributed by atoms with Gasteiger partial charge in [0.05, 0.1) is 0 Å². The minimum atomic E-state index is -2.13. The summed E-state index contributed by atoms with van der Waals surface area (Å²) in [5.74, 6) is -9.27. The van der Waals surface area contributed by atoms with Crippen LogP contribution in [0.15, 0.2) is 97.1 Å². The summed E-state index contributed by atoms with van der Waals surface area (Å²) < 4.78 is 33.2. The summed E-state index contributed by atoms with van der Waals surface area (Å²) in [6, 6.07) is 25.9. The number of amides is 2. The van der Waals surface area contributed by atoms with E-state index in [9.17, 15) is 43.2 Å². The Bertz CT molecular complexity index is 2600. The van der Waals surface area contributed by atoms with Gasteiger partial charge >= 0.3 is 35.8 Å². The van der Waals surface area contributed by atoms with E-state index in [1.807, 2.05) is 30.3 Å². The van der Waals surface area contributed by atoms with Crippen LogP contribution in [0.2, 0.25) is 0 Å². The monoisotopic (exact) mass is 936 g/mol. The largest absolute Gasteiger partial charge is 0.450 e. The van der Waals surface area contributed by atoms with Gasteiger partial charge in [0.1, 0.15) is 11.6 Å². The number of benzene rings is 4. The number of nitrogens with one attached hydrogen (secondary N) is 2. The highest BCUT2D eigenvalue weighted by Gasteiger charge is 2.45. The Morgan fingerprint density at radius 2 is 1.03 bits per heavy atom. The van der Waals surface area contributed by atoms with E-state index in [1.54, 1.807) is 42.5 Å². The van der Waals surface area contributed by atoms with Gasteiger partial charge in [-0.05, 0) is 91.1 Å².